The van der Waals surface area contributed by atoms with Crippen LogP contribution in [0.5, 0.6) is 0 Å². The molecular weight excluding hydrogens is 326 g/mol. The molecule has 0 aromatic carbocycles. The van der Waals surface area contributed by atoms with Crippen molar-refractivity contribution in [2.75, 3.05) is 0 Å². The van der Waals surface area contributed by atoms with Gasteiger partial charge in [-0.3, -0.25) is 9.59 Å². The van der Waals surface area contributed by atoms with Gasteiger partial charge in [0.25, 0.3) is 5.56 Å². The number of hydrogen-bond acceptors (Lipinski definition) is 3. The Morgan fingerprint density at radius 3 is 2.27 bits per heavy atom. The number of pyridine rings is 1. The van der Waals surface area contributed by atoms with Crippen molar-refractivity contribution >= 4 is 5.91 Å². The lowest BCUT2D eigenvalue weighted by Gasteiger charge is -2.36. The van der Waals surface area contributed by atoms with Crippen molar-refractivity contribution in [1.29, 1.82) is 5.26 Å². The van der Waals surface area contributed by atoms with Crippen LogP contribution in [0.1, 0.15) is 74.3 Å². The van der Waals surface area contributed by atoms with E-state index in [1.165, 1.54) is 12.8 Å². The Labute approximate surface area is 155 Å². The summed E-state index contributed by atoms with van der Waals surface area (Å²) in [6, 6.07) is 2.83. The van der Waals surface area contributed by atoms with E-state index in [1.54, 1.807) is 0 Å². The van der Waals surface area contributed by atoms with E-state index in [0.29, 0.717) is 30.5 Å². The molecule has 0 atom stereocenters. The fraction of sp³-hybridized carbons (Fsp3) is 0.667. The summed E-state index contributed by atoms with van der Waals surface area (Å²) < 4.78 is 0. The highest BCUT2D eigenvalue weighted by molar-refractivity contribution is 5.77. The van der Waals surface area contributed by atoms with Crippen LogP contribution in [0.4, 0.5) is 0 Å². The number of aryl methyl sites for hydroxylation is 1. The van der Waals surface area contributed by atoms with Gasteiger partial charge in [0.15, 0.2) is 0 Å². The van der Waals surface area contributed by atoms with Gasteiger partial charge in [-0.25, -0.2) is 0 Å². The number of hydrogen-bond donors (Lipinski definition) is 1. The highest BCUT2D eigenvalue weighted by atomic mass is 16.2. The standard InChI is InChI=1S/C21H29N3O2/c1-13-4-6-16(7-5-13)24(17-8-9-17)20(25)11-10-18-14(2)19(12-22)21(26)23-15(18)3/h13,16-17H,4-11H2,1-3H3,(H,23,26). The summed E-state index contributed by atoms with van der Waals surface area (Å²) in [4.78, 5) is 29.8. The number of amides is 1. The first-order valence-corrected chi connectivity index (χ1v) is 9.86. The zero-order valence-electron chi connectivity index (χ0n) is 16.1. The molecule has 2 aliphatic rings. The molecule has 0 bridgehead atoms. The zero-order valence-corrected chi connectivity index (χ0v) is 16.1. The zero-order chi connectivity index (χ0) is 18.8. The van der Waals surface area contributed by atoms with Crippen molar-refractivity contribution in [1.82, 2.24) is 9.88 Å². The van der Waals surface area contributed by atoms with E-state index in [0.717, 1.165) is 42.9 Å². The SMILES string of the molecule is Cc1[nH]c(=O)c(C#N)c(C)c1CCC(=O)N(C1CCC(C)CC1)C1CC1. The Kier molecular flexibility index (Phi) is 5.50. The molecular formula is C21H29N3O2. The molecule has 0 radical (unpaired) electrons. The summed E-state index contributed by atoms with van der Waals surface area (Å²) in [5, 5.41) is 9.21. The molecule has 0 saturated heterocycles. The van der Waals surface area contributed by atoms with E-state index in [4.69, 9.17) is 0 Å². The number of aromatic nitrogens is 1. The van der Waals surface area contributed by atoms with Gasteiger partial charge in [-0.05, 0) is 75.8 Å². The maximum atomic E-state index is 13.0. The van der Waals surface area contributed by atoms with E-state index >= 15 is 0 Å². The minimum atomic E-state index is -0.339. The van der Waals surface area contributed by atoms with Gasteiger partial charge in [0, 0.05) is 24.2 Å². The first kappa shape index (κ1) is 18.7. The predicted octanol–water partition coefficient (Wildman–Crippen LogP) is 3.37. The lowest BCUT2D eigenvalue weighted by atomic mass is 9.86. The first-order chi connectivity index (χ1) is 12.4. The average molecular weight is 355 g/mol. The first-order valence-electron chi connectivity index (χ1n) is 9.86. The van der Waals surface area contributed by atoms with E-state index in [9.17, 15) is 14.9 Å². The summed E-state index contributed by atoms with van der Waals surface area (Å²) >= 11 is 0. The second-order valence-corrected chi connectivity index (χ2v) is 8.12. The Hall–Kier alpha value is -2.09. The van der Waals surface area contributed by atoms with Gasteiger partial charge in [0.05, 0.1) is 0 Å². The van der Waals surface area contributed by atoms with E-state index in [-0.39, 0.29) is 17.0 Å². The molecule has 2 fully saturated rings. The molecule has 1 amide bonds. The second-order valence-electron chi connectivity index (χ2n) is 8.12. The molecule has 2 saturated carbocycles. The van der Waals surface area contributed by atoms with Crippen LogP contribution in [0.2, 0.25) is 0 Å². The average Bonchev–Trinajstić information content (AvgIpc) is 3.41. The van der Waals surface area contributed by atoms with Crippen molar-refractivity contribution in [3.8, 4) is 6.07 Å². The number of nitrogens with zero attached hydrogens (tertiary/aromatic N) is 2. The third kappa shape index (κ3) is 3.85. The number of carbonyl (C=O) groups excluding carboxylic acids is 1. The molecule has 2 aliphatic carbocycles. The van der Waals surface area contributed by atoms with Gasteiger partial charge in [-0.15, -0.1) is 0 Å². The smallest absolute Gasteiger partial charge is 0.266 e. The molecule has 1 aromatic heterocycles. The van der Waals surface area contributed by atoms with Gasteiger partial charge in [-0.1, -0.05) is 6.92 Å². The molecule has 0 aliphatic heterocycles. The number of nitrogens with one attached hydrogen (secondary N) is 1. The lowest BCUT2D eigenvalue weighted by Crippen LogP contribution is -2.43. The van der Waals surface area contributed by atoms with Gasteiger partial charge in [0.1, 0.15) is 11.6 Å². The number of nitriles is 1. The van der Waals surface area contributed by atoms with Crippen LogP contribution >= 0.6 is 0 Å². The number of aromatic amines is 1. The van der Waals surface area contributed by atoms with E-state index in [1.807, 2.05) is 19.9 Å². The summed E-state index contributed by atoms with van der Waals surface area (Å²) in [5.41, 5.74) is 2.24. The quantitative estimate of drug-likeness (QED) is 0.880. The minimum Gasteiger partial charge on any atom is -0.337 e. The summed E-state index contributed by atoms with van der Waals surface area (Å²) in [6.45, 7) is 5.95. The van der Waals surface area contributed by atoms with Gasteiger partial charge in [0.2, 0.25) is 5.91 Å². The van der Waals surface area contributed by atoms with Crippen LogP contribution in [0.25, 0.3) is 0 Å². The van der Waals surface area contributed by atoms with Crippen LogP contribution < -0.4 is 5.56 Å². The fourth-order valence-electron chi connectivity index (χ4n) is 4.36. The molecule has 0 spiro atoms. The van der Waals surface area contributed by atoms with Gasteiger partial charge in [-0.2, -0.15) is 5.26 Å². The van der Waals surface area contributed by atoms with Crippen LogP contribution in [-0.2, 0) is 11.2 Å². The number of rotatable bonds is 5. The Balaban J connectivity index is 1.72. The Morgan fingerprint density at radius 2 is 1.73 bits per heavy atom. The maximum absolute atomic E-state index is 13.0. The molecule has 26 heavy (non-hydrogen) atoms. The molecule has 1 N–H and O–H groups in total. The van der Waals surface area contributed by atoms with Crippen molar-refractivity contribution in [2.24, 2.45) is 5.92 Å². The number of carbonyl (C=O) groups is 1. The molecule has 0 unspecified atom stereocenters. The largest absolute Gasteiger partial charge is 0.337 e. The molecule has 5 nitrogen and oxygen atoms in total. The normalized spacial score (nSPS) is 22.7. The monoisotopic (exact) mass is 355 g/mol. The summed E-state index contributed by atoms with van der Waals surface area (Å²) in [7, 11) is 0. The molecule has 5 heteroatoms. The van der Waals surface area contributed by atoms with E-state index < -0.39 is 0 Å². The Bertz CT molecular complexity index is 778. The lowest BCUT2D eigenvalue weighted by molar-refractivity contribution is -0.135. The predicted molar refractivity (Wildman–Crippen MR) is 101 cm³/mol. The molecule has 140 valence electrons. The summed E-state index contributed by atoms with van der Waals surface area (Å²) in [5.74, 6) is 1.01. The van der Waals surface area contributed by atoms with Crippen LogP contribution in [0, 0.1) is 31.1 Å². The Morgan fingerprint density at radius 1 is 1.15 bits per heavy atom. The van der Waals surface area contributed by atoms with Crippen LogP contribution in [0.3, 0.4) is 0 Å². The van der Waals surface area contributed by atoms with Crippen molar-refractivity contribution in [2.45, 2.75) is 84.2 Å². The fourth-order valence-corrected chi connectivity index (χ4v) is 4.36. The van der Waals surface area contributed by atoms with Crippen LogP contribution in [0.15, 0.2) is 4.79 Å². The highest BCUT2D eigenvalue weighted by Crippen LogP contribution is 2.35. The summed E-state index contributed by atoms with van der Waals surface area (Å²) in [6.07, 6.45) is 7.96. The maximum Gasteiger partial charge on any atom is 0.266 e. The van der Waals surface area contributed by atoms with Crippen molar-refractivity contribution in [3.05, 3.63) is 32.7 Å². The van der Waals surface area contributed by atoms with Crippen LogP contribution in [-0.4, -0.2) is 27.9 Å². The third-order valence-electron chi connectivity index (χ3n) is 6.12. The third-order valence-corrected chi connectivity index (χ3v) is 6.12. The number of H-pyrrole nitrogens is 1. The minimum absolute atomic E-state index is 0.165. The van der Waals surface area contributed by atoms with E-state index in [2.05, 4.69) is 16.8 Å². The highest BCUT2D eigenvalue weighted by Gasteiger charge is 2.38. The molecule has 1 aromatic rings. The molecule has 1 heterocycles. The topological polar surface area (TPSA) is 77.0 Å². The second kappa shape index (κ2) is 7.65. The van der Waals surface area contributed by atoms with Gasteiger partial charge < -0.3 is 9.88 Å². The van der Waals surface area contributed by atoms with Crippen molar-refractivity contribution < 1.29 is 4.79 Å². The van der Waals surface area contributed by atoms with Gasteiger partial charge >= 0.3 is 0 Å². The molecule has 3 rings (SSSR count). The van der Waals surface area contributed by atoms with Crippen molar-refractivity contribution in [3.63, 3.8) is 0 Å².